The second-order valence-electron chi connectivity index (χ2n) is 3.82. The Labute approximate surface area is 94.3 Å². The Morgan fingerprint density at radius 2 is 1.94 bits per heavy atom. The van der Waals surface area contributed by atoms with Crippen molar-refractivity contribution in [3.63, 3.8) is 0 Å². The molecular weight excluding hydrogens is 206 g/mol. The summed E-state index contributed by atoms with van der Waals surface area (Å²) in [4.78, 5) is 10.0. The van der Waals surface area contributed by atoms with Gasteiger partial charge in [0.05, 0.1) is 10.6 Å². The maximum absolute atomic E-state index is 10.4. The van der Waals surface area contributed by atoms with Crippen LogP contribution in [0.25, 0.3) is 0 Å². The minimum Gasteiger partial charge on any atom is -0.279 e. The number of nitrogens with one attached hydrogen (secondary N) is 1. The molecule has 5 heteroatoms. The van der Waals surface area contributed by atoms with E-state index in [0.717, 1.165) is 11.4 Å². The van der Waals surface area contributed by atoms with Crippen LogP contribution >= 0.6 is 0 Å². The highest BCUT2D eigenvalue weighted by Crippen LogP contribution is 2.15. The van der Waals surface area contributed by atoms with Crippen molar-refractivity contribution in [1.82, 2.24) is 0 Å². The van der Waals surface area contributed by atoms with Crippen molar-refractivity contribution in [2.24, 2.45) is 11.0 Å². The molecule has 1 aromatic rings. The maximum atomic E-state index is 10.4. The Balaban J connectivity index is 2.69. The van der Waals surface area contributed by atoms with Gasteiger partial charge < -0.3 is 0 Å². The fourth-order valence-electron chi connectivity index (χ4n) is 0.940. The van der Waals surface area contributed by atoms with Gasteiger partial charge in [-0.05, 0) is 25.0 Å². The van der Waals surface area contributed by atoms with Crippen molar-refractivity contribution in [2.45, 2.75) is 20.8 Å². The lowest BCUT2D eigenvalue weighted by Gasteiger charge is -2.05. The molecule has 0 radical (unpaired) electrons. The van der Waals surface area contributed by atoms with E-state index in [0.29, 0.717) is 5.92 Å². The van der Waals surface area contributed by atoms with E-state index in [1.807, 2.05) is 6.92 Å². The third kappa shape index (κ3) is 3.34. The summed E-state index contributed by atoms with van der Waals surface area (Å²) in [5, 5.41) is 14.6. The Morgan fingerprint density at radius 1 is 1.38 bits per heavy atom. The molecule has 0 aliphatic rings. The van der Waals surface area contributed by atoms with Crippen LogP contribution < -0.4 is 5.43 Å². The third-order valence-electron chi connectivity index (χ3n) is 2.28. The SMILES string of the molecule is CC(=NNc1ccc([N+](=O)[O-])cc1)C(C)C. The van der Waals surface area contributed by atoms with Gasteiger partial charge in [0, 0.05) is 17.8 Å². The summed E-state index contributed by atoms with van der Waals surface area (Å²) in [6.07, 6.45) is 0. The van der Waals surface area contributed by atoms with E-state index in [9.17, 15) is 10.1 Å². The molecule has 0 heterocycles. The molecule has 0 aliphatic heterocycles. The molecule has 0 aliphatic carbocycles. The summed E-state index contributed by atoms with van der Waals surface area (Å²) in [5.74, 6) is 0.380. The fourth-order valence-corrected chi connectivity index (χ4v) is 0.940. The van der Waals surface area contributed by atoms with Gasteiger partial charge in [0.15, 0.2) is 0 Å². The van der Waals surface area contributed by atoms with Gasteiger partial charge in [0.2, 0.25) is 0 Å². The number of hydrazone groups is 1. The van der Waals surface area contributed by atoms with Crippen LogP contribution in [0.2, 0.25) is 0 Å². The van der Waals surface area contributed by atoms with Gasteiger partial charge in [0.25, 0.3) is 5.69 Å². The average molecular weight is 221 g/mol. The molecule has 0 bridgehead atoms. The molecule has 1 aromatic carbocycles. The average Bonchev–Trinajstić information content (AvgIpc) is 2.26. The Morgan fingerprint density at radius 3 is 2.38 bits per heavy atom. The van der Waals surface area contributed by atoms with Gasteiger partial charge >= 0.3 is 0 Å². The first-order valence-corrected chi connectivity index (χ1v) is 5.05. The van der Waals surface area contributed by atoms with E-state index >= 15 is 0 Å². The van der Waals surface area contributed by atoms with Crippen LogP contribution in [0.3, 0.4) is 0 Å². The smallest absolute Gasteiger partial charge is 0.269 e. The van der Waals surface area contributed by atoms with Crippen LogP contribution in [-0.2, 0) is 0 Å². The molecule has 0 amide bonds. The van der Waals surface area contributed by atoms with Crippen molar-refractivity contribution in [3.8, 4) is 0 Å². The molecule has 0 atom stereocenters. The van der Waals surface area contributed by atoms with Crippen LogP contribution in [0.15, 0.2) is 29.4 Å². The molecule has 1 rings (SSSR count). The van der Waals surface area contributed by atoms with Crippen molar-refractivity contribution < 1.29 is 4.92 Å². The molecule has 0 aromatic heterocycles. The highest BCUT2D eigenvalue weighted by Gasteiger charge is 2.03. The normalized spacial score (nSPS) is 11.6. The number of non-ortho nitro benzene ring substituents is 1. The minimum absolute atomic E-state index is 0.0788. The fraction of sp³-hybridized carbons (Fsp3) is 0.364. The van der Waals surface area contributed by atoms with E-state index in [1.54, 1.807) is 12.1 Å². The van der Waals surface area contributed by atoms with E-state index in [4.69, 9.17) is 0 Å². The minimum atomic E-state index is -0.424. The number of anilines is 1. The lowest BCUT2D eigenvalue weighted by Crippen LogP contribution is -2.04. The predicted octanol–water partition coefficient (Wildman–Crippen LogP) is 3.04. The zero-order valence-corrected chi connectivity index (χ0v) is 9.60. The van der Waals surface area contributed by atoms with Crippen molar-refractivity contribution in [2.75, 3.05) is 5.43 Å². The van der Waals surface area contributed by atoms with Gasteiger partial charge in [-0.1, -0.05) is 13.8 Å². The van der Waals surface area contributed by atoms with Gasteiger partial charge in [-0.15, -0.1) is 0 Å². The molecule has 0 saturated carbocycles. The van der Waals surface area contributed by atoms with Gasteiger partial charge in [-0.3, -0.25) is 15.5 Å². The van der Waals surface area contributed by atoms with Crippen LogP contribution in [0.4, 0.5) is 11.4 Å². The number of nitro benzene ring substituents is 1. The van der Waals surface area contributed by atoms with E-state index < -0.39 is 4.92 Å². The van der Waals surface area contributed by atoms with Crippen molar-refractivity contribution in [1.29, 1.82) is 0 Å². The quantitative estimate of drug-likeness (QED) is 0.482. The van der Waals surface area contributed by atoms with Crippen molar-refractivity contribution in [3.05, 3.63) is 34.4 Å². The summed E-state index contributed by atoms with van der Waals surface area (Å²) < 4.78 is 0. The largest absolute Gasteiger partial charge is 0.279 e. The lowest BCUT2D eigenvalue weighted by atomic mass is 10.1. The molecule has 0 fully saturated rings. The number of benzene rings is 1. The molecule has 0 spiro atoms. The number of nitro groups is 1. The molecule has 16 heavy (non-hydrogen) atoms. The molecule has 5 nitrogen and oxygen atoms in total. The van der Waals surface area contributed by atoms with Crippen LogP contribution in [0.5, 0.6) is 0 Å². The Kier molecular flexibility index (Phi) is 3.99. The van der Waals surface area contributed by atoms with Crippen LogP contribution in [0, 0.1) is 16.0 Å². The zero-order valence-electron chi connectivity index (χ0n) is 9.60. The number of hydrogen-bond acceptors (Lipinski definition) is 4. The second kappa shape index (κ2) is 5.25. The lowest BCUT2D eigenvalue weighted by molar-refractivity contribution is -0.384. The summed E-state index contributed by atoms with van der Waals surface area (Å²) >= 11 is 0. The summed E-state index contributed by atoms with van der Waals surface area (Å²) in [5.41, 5.74) is 4.66. The predicted molar refractivity (Wildman–Crippen MR) is 64.7 cm³/mol. The summed E-state index contributed by atoms with van der Waals surface area (Å²) in [7, 11) is 0. The van der Waals surface area contributed by atoms with E-state index in [1.165, 1.54) is 12.1 Å². The first-order valence-electron chi connectivity index (χ1n) is 5.05. The Bertz CT molecular complexity index is 396. The Hall–Kier alpha value is -1.91. The molecule has 0 saturated heterocycles. The highest BCUT2D eigenvalue weighted by atomic mass is 16.6. The van der Waals surface area contributed by atoms with Gasteiger partial charge in [-0.2, -0.15) is 5.10 Å². The maximum Gasteiger partial charge on any atom is 0.269 e. The van der Waals surface area contributed by atoms with Crippen LogP contribution in [0.1, 0.15) is 20.8 Å². The standard InChI is InChI=1S/C11H15N3O2/c1-8(2)9(3)12-13-10-4-6-11(7-5-10)14(15)16/h4-8,13H,1-3H3. The van der Waals surface area contributed by atoms with Gasteiger partial charge in [-0.25, -0.2) is 0 Å². The van der Waals surface area contributed by atoms with E-state index in [2.05, 4.69) is 24.4 Å². The number of hydrogen-bond donors (Lipinski definition) is 1. The van der Waals surface area contributed by atoms with Crippen molar-refractivity contribution >= 4 is 17.1 Å². The van der Waals surface area contributed by atoms with Crippen LogP contribution in [-0.4, -0.2) is 10.6 Å². The third-order valence-corrected chi connectivity index (χ3v) is 2.28. The van der Waals surface area contributed by atoms with Gasteiger partial charge in [0.1, 0.15) is 0 Å². The second-order valence-corrected chi connectivity index (χ2v) is 3.82. The zero-order chi connectivity index (χ0) is 12.1. The monoisotopic (exact) mass is 221 g/mol. The number of nitrogens with zero attached hydrogens (tertiary/aromatic N) is 2. The first-order chi connectivity index (χ1) is 7.50. The first kappa shape index (κ1) is 12.2. The molecule has 0 unspecified atom stereocenters. The summed E-state index contributed by atoms with van der Waals surface area (Å²) in [6, 6.07) is 6.16. The molecular formula is C11H15N3O2. The highest BCUT2D eigenvalue weighted by molar-refractivity contribution is 5.84. The molecule has 86 valence electrons. The van der Waals surface area contributed by atoms with E-state index in [-0.39, 0.29) is 5.69 Å². The summed E-state index contributed by atoms with van der Waals surface area (Å²) in [6.45, 7) is 6.04. The topological polar surface area (TPSA) is 67.5 Å². The number of rotatable bonds is 4. The molecule has 1 N–H and O–H groups in total.